The van der Waals surface area contributed by atoms with E-state index in [1.807, 2.05) is 0 Å². The monoisotopic (exact) mass is 418 g/mol. The van der Waals surface area contributed by atoms with Gasteiger partial charge in [-0.15, -0.1) is 0 Å². The quantitative estimate of drug-likeness (QED) is 0.285. The molecule has 130 valence electrons. The van der Waals surface area contributed by atoms with E-state index in [-0.39, 0.29) is 0 Å². The molecule has 1 aliphatic heterocycles. The van der Waals surface area contributed by atoms with Gasteiger partial charge in [-0.2, -0.15) is 0 Å². The molecule has 0 aliphatic carbocycles. The fourth-order valence-corrected chi connectivity index (χ4v) is 21.9. The molecule has 0 unspecified atom stereocenters. The van der Waals surface area contributed by atoms with Gasteiger partial charge in [0.25, 0.3) is 0 Å². The molecule has 3 heteroatoms. The van der Waals surface area contributed by atoms with Crippen LogP contribution in [0.25, 0.3) is 0 Å². The van der Waals surface area contributed by atoms with Crippen LogP contribution in [0.3, 0.4) is 0 Å². The Morgan fingerprint density at radius 2 is 1.41 bits per heavy atom. The maximum atomic E-state index is 10.9. The molecule has 0 spiro atoms. The number of unbranched alkanes of at least 4 members (excludes halogenated alkanes) is 3. The zero-order chi connectivity index (χ0) is 16.3. The third-order valence-corrected chi connectivity index (χ3v) is 21.7. The summed E-state index contributed by atoms with van der Waals surface area (Å²) in [5, 5.41) is 0. The Hall–Kier alpha value is 0.429. The van der Waals surface area contributed by atoms with Crippen LogP contribution in [0, 0.1) is 11.8 Å². The van der Waals surface area contributed by atoms with Crippen LogP contribution < -0.4 is 0 Å². The molecule has 0 saturated carbocycles. The zero-order valence-corrected chi connectivity index (χ0v) is 18.1. The van der Waals surface area contributed by atoms with Crippen LogP contribution in [0.2, 0.25) is 17.7 Å². The van der Waals surface area contributed by atoms with Gasteiger partial charge >= 0.3 is 143 Å². The Balaban J connectivity index is 2.76. The van der Waals surface area contributed by atoms with Crippen molar-refractivity contribution < 1.29 is 9.53 Å². The summed E-state index contributed by atoms with van der Waals surface area (Å²) >= 11 is -2.06. The van der Waals surface area contributed by atoms with Crippen molar-refractivity contribution in [3.8, 4) is 0 Å². The SMILES string of the molecule is CCC[CH2][Sn]([CH2]CCC)([CH2]CCC)[CH2][C@H]1COC[C@@H]1CC=O. The summed E-state index contributed by atoms with van der Waals surface area (Å²) in [6, 6.07) is 0. The fourth-order valence-electron chi connectivity index (χ4n) is 4.15. The molecule has 1 fully saturated rings. The van der Waals surface area contributed by atoms with E-state index in [1.54, 1.807) is 13.3 Å². The Labute approximate surface area is 142 Å². The van der Waals surface area contributed by atoms with E-state index in [9.17, 15) is 4.79 Å². The first-order valence-corrected chi connectivity index (χ1v) is 17.8. The van der Waals surface area contributed by atoms with E-state index in [0.717, 1.165) is 25.9 Å². The van der Waals surface area contributed by atoms with Gasteiger partial charge in [0.1, 0.15) is 0 Å². The van der Waals surface area contributed by atoms with E-state index < -0.39 is 18.4 Å². The maximum absolute atomic E-state index is 10.9. The molecule has 0 aromatic heterocycles. The van der Waals surface area contributed by atoms with E-state index in [1.165, 1.54) is 43.0 Å². The summed E-state index contributed by atoms with van der Waals surface area (Å²) in [6.07, 6.45) is 10.2. The number of hydrogen-bond donors (Lipinski definition) is 0. The van der Waals surface area contributed by atoms with Gasteiger partial charge in [0.2, 0.25) is 0 Å². The van der Waals surface area contributed by atoms with E-state index in [2.05, 4.69) is 20.8 Å². The molecule has 0 radical (unpaired) electrons. The van der Waals surface area contributed by atoms with Gasteiger partial charge in [-0.05, 0) is 0 Å². The molecule has 0 amide bonds. The molecule has 2 nitrogen and oxygen atoms in total. The predicted octanol–water partition coefficient (Wildman–Crippen LogP) is 5.69. The molecular weight excluding hydrogens is 379 g/mol. The summed E-state index contributed by atoms with van der Waals surface area (Å²) in [4.78, 5) is 10.9. The van der Waals surface area contributed by atoms with Crippen molar-refractivity contribution in [3.05, 3.63) is 0 Å². The molecule has 1 rings (SSSR count). The van der Waals surface area contributed by atoms with Crippen molar-refractivity contribution in [2.75, 3.05) is 13.2 Å². The average molecular weight is 417 g/mol. The van der Waals surface area contributed by atoms with Crippen LogP contribution in [0.15, 0.2) is 0 Å². The summed E-state index contributed by atoms with van der Waals surface area (Å²) in [6.45, 7) is 8.78. The number of ether oxygens (including phenoxy) is 1. The normalized spacial score (nSPS) is 22.1. The standard InChI is InChI=1S/C7H11O2.3C4H9.Sn/c1-6-4-9-5-7(6)2-3-8;3*1-3-4-2;/h3,6-7H,1-2,4-5H2;3*1,3-4H2,2H3;/t6-,7-;;;;/m0..../s1. The number of hydrogen-bond acceptors (Lipinski definition) is 2. The summed E-state index contributed by atoms with van der Waals surface area (Å²) in [5.41, 5.74) is 0. The molecule has 2 atom stereocenters. The van der Waals surface area contributed by atoms with Gasteiger partial charge in [-0.1, -0.05) is 0 Å². The number of carbonyl (C=O) groups excluding carboxylic acids is 1. The fraction of sp³-hybridized carbons (Fsp3) is 0.947. The summed E-state index contributed by atoms with van der Waals surface area (Å²) < 4.78 is 12.0. The average Bonchev–Trinajstić information content (AvgIpc) is 2.96. The number of rotatable bonds is 13. The van der Waals surface area contributed by atoms with Gasteiger partial charge in [-0.3, -0.25) is 0 Å². The Morgan fingerprint density at radius 1 is 0.909 bits per heavy atom. The molecule has 1 aliphatic rings. The second-order valence-corrected chi connectivity index (χ2v) is 21.5. The van der Waals surface area contributed by atoms with Crippen LogP contribution in [0.1, 0.15) is 65.7 Å². The Bertz CT molecular complexity index is 271. The molecule has 0 aromatic rings. The van der Waals surface area contributed by atoms with Gasteiger partial charge in [0.15, 0.2) is 0 Å². The number of carbonyl (C=O) groups is 1. The number of aldehydes is 1. The molecule has 1 heterocycles. The second kappa shape index (κ2) is 11.9. The molecular formula is C19H38O2Sn. The van der Waals surface area contributed by atoms with E-state index in [0.29, 0.717) is 11.8 Å². The summed E-state index contributed by atoms with van der Waals surface area (Å²) in [7, 11) is 0. The second-order valence-electron chi connectivity index (χ2n) is 7.47. The van der Waals surface area contributed by atoms with Crippen LogP contribution >= 0.6 is 0 Å². The van der Waals surface area contributed by atoms with Crippen molar-refractivity contribution in [2.24, 2.45) is 11.8 Å². The third kappa shape index (κ3) is 6.90. The van der Waals surface area contributed by atoms with Crippen LogP contribution in [-0.4, -0.2) is 37.9 Å². The van der Waals surface area contributed by atoms with E-state index in [4.69, 9.17) is 4.74 Å². The van der Waals surface area contributed by atoms with Gasteiger partial charge in [0.05, 0.1) is 0 Å². The molecule has 0 bridgehead atoms. The zero-order valence-electron chi connectivity index (χ0n) is 15.2. The first-order chi connectivity index (χ1) is 10.7. The minimum absolute atomic E-state index is 0.526. The van der Waals surface area contributed by atoms with Crippen molar-refractivity contribution in [2.45, 2.75) is 83.5 Å². The van der Waals surface area contributed by atoms with Crippen molar-refractivity contribution in [3.63, 3.8) is 0 Å². The molecule has 22 heavy (non-hydrogen) atoms. The predicted molar refractivity (Wildman–Crippen MR) is 98.2 cm³/mol. The molecule has 0 aromatic carbocycles. The summed E-state index contributed by atoms with van der Waals surface area (Å²) in [5.74, 6) is 1.23. The van der Waals surface area contributed by atoms with Crippen LogP contribution in [-0.2, 0) is 9.53 Å². The molecule has 1 saturated heterocycles. The van der Waals surface area contributed by atoms with Crippen LogP contribution in [0.4, 0.5) is 0 Å². The van der Waals surface area contributed by atoms with Crippen molar-refractivity contribution in [1.29, 1.82) is 0 Å². The first-order valence-electron chi connectivity index (χ1n) is 9.72. The molecule has 0 N–H and O–H groups in total. The Kier molecular flexibility index (Phi) is 11.1. The van der Waals surface area contributed by atoms with Crippen LogP contribution in [0.5, 0.6) is 0 Å². The minimum atomic E-state index is -2.06. The van der Waals surface area contributed by atoms with E-state index >= 15 is 0 Å². The third-order valence-electron chi connectivity index (χ3n) is 5.61. The van der Waals surface area contributed by atoms with Gasteiger partial charge in [-0.25, -0.2) is 0 Å². The van der Waals surface area contributed by atoms with Crippen molar-refractivity contribution >= 4 is 24.7 Å². The topological polar surface area (TPSA) is 26.3 Å². The van der Waals surface area contributed by atoms with Gasteiger partial charge in [0, 0.05) is 0 Å². The Morgan fingerprint density at radius 3 is 1.86 bits per heavy atom. The van der Waals surface area contributed by atoms with Crippen molar-refractivity contribution in [1.82, 2.24) is 0 Å². The van der Waals surface area contributed by atoms with Gasteiger partial charge < -0.3 is 0 Å². The first kappa shape index (κ1) is 20.5.